The average Bonchev–Trinajstić information content (AvgIpc) is 1.83. The lowest BCUT2D eigenvalue weighted by atomic mass is 9.96. The summed E-state index contributed by atoms with van der Waals surface area (Å²) < 4.78 is 13.4. The zero-order chi connectivity index (χ0) is 9.35. The predicted octanol–water partition coefficient (Wildman–Crippen LogP) is 2.78. The lowest BCUT2D eigenvalue weighted by Crippen LogP contribution is -2.29. The van der Waals surface area contributed by atoms with Crippen LogP contribution in [0.5, 0.6) is 0 Å². The summed E-state index contributed by atoms with van der Waals surface area (Å²) >= 11 is 3.26. The van der Waals surface area contributed by atoms with Gasteiger partial charge in [-0.15, -0.1) is 0 Å². The number of hydrogen-bond acceptors (Lipinski definition) is 1. The van der Waals surface area contributed by atoms with E-state index in [4.69, 9.17) is 5.73 Å². The fourth-order valence-corrected chi connectivity index (χ4v) is 1.87. The van der Waals surface area contributed by atoms with Crippen LogP contribution in [0.25, 0.3) is 0 Å². The molecule has 1 nitrogen and oxygen atoms in total. The van der Waals surface area contributed by atoms with Crippen LogP contribution in [0.2, 0.25) is 0 Å². The van der Waals surface area contributed by atoms with Crippen molar-refractivity contribution in [2.75, 3.05) is 0 Å². The molecule has 66 valence electrons. The molecular formula is C9H11BrFN. The summed E-state index contributed by atoms with van der Waals surface area (Å²) in [5, 5.41) is 0. The van der Waals surface area contributed by atoms with Gasteiger partial charge in [-0.05, 0) is 31.5 Å². The van der Waals surface area contributed by atoms with Crippen molar-refractivity contribution < 1.29 is 4.39 Å². The highest BCUT2D eigenvalue weighted by Crippen LogP contribution is 2.26. The molecule has 0 fully saturated rings. The fourth-order valence-electron chi connectivity index (χ4n) is 1.01. The summed E-state index contributed by atoms with van der Waals surface area (Å²) in [5.41, 5.74) is 6.32. The Morgan fingerprint density at radius 2 is 2.00 bits per heavy atom. The first-order valence-electron chi connectivity index (χ1n) is 3.65. The second-order valence-corrected chi connectivity index (χ2v) is 4.20. The van der Waals surface area contributed by atoms with E-state index >= 15 is 0 Å². The molecule has 12 heavy (non-hydrogen) atoms. The highest BCUT2D eigenvalue weighted by atomic mass is 79.9. The van der Waals surface area contributed by atoms with Gasteiger partial charge in [0.15, 0.2) is 0 Å². The minimum Gasteiger partial charge on any atom is -0.322 e. The Balaban J connectivity index is 3.19. The SMILES string of the molecule is CC(C)(N)c1ccc(F)cc1Br. The standard InChI is InChI=1S/C9H11BrFN/c1-9(2,12)7-4-3-6(11)5-8(7)10/h3-5H,12H2,1-2H3. The van der Waals surface area contributed by atoms with E-state index in [0.717, 1.165) is 10.0 Å². The van der Waals surface area contributed by atoms with Gasteiger partial charge in [0, 0.05) is 10.0 Å². The largest absolute Gasteiger partial charge is 0.322 e. The second kappa shape index (κ2) is 3.15. The van der Waals surface area contributed by atoms with Gasteiger partial charge >= 0.3 is 0 Å². The van der Waals surface area contributed by atoms with Crippen molar-refractivity contribution in [1.82, 2.24) is 0 Å². The molecule has 0 saturated heterocycles. The summed E-state index contributed by atoms with van der Waals surface area (Å²) in [5.74, 6) is -0.255. The summed E-state index contributed by atoms with van der Waals surface area (Å²) in [4.78, 5) is 0. The topological polar surface area (TPSA) is 26.0 Å². The normalized spacial score (nSPS) is 11.8. The lowest BCUT2D eigenvalue weighted by molar-refractivity contribution is 0.547. The van der Waals surface area contributed by atoms with E-state index in [1.165, 1.54) is 12.1 Å². The molecule has 0 aliphatic rings. The Morgan fingerprint density at radius 3 is 2.42 bits per heavy atom. The van der Waals surface area contributed by atoms with E-state index < -0.39 is 5.54 Å². The van der Waals surface area contributed by atoms with Gasteiger partial charge in [-0.25, -0.2) is 4.39 Å². The maximum absolute atomic E-state index is 12.7. The summed E-state index contributed by atoms with van der Waals surface area (Å²) in [6, 6.07) is 4.53. The van der Waals surface area contributed by atoms with E-state index in [2.05, 4.69) is 15.9 Å². The Bertz CT molecular complexity index is 291. The first-order valence-corrected chi connectivity index (χ1v) is 4.45. The monoisotopic (exact) mass is 231 g/mol. The fraction of sp³-hybridized carbons (Fsp3) is 0.333. The molecule has 0 unspecified atom stereocenters. The Kier molecular flexibility index (Phi) is 2.54. The smallest absolute Gasteiger partial charge is 0.124 e. The van der Waals surface area contributed by atoms with Crippen molar-refractivity contribution in [2.45, 2.75) is 19.4 Å². The molecule has 0 heterocycles. The number of rotatable bonds is 1. The van der Waals surface area contributed by atoms with Crippen LogP contribution in [0.15, 0.2) is 22.7 Å². The third-order valence-corrected chi connectivity index (χ3v) is 2.28. The Labute approximate surface area is 79.9 Å². The third kappa shape index (κ3) is 2.05. The van der Waals surface area contributed by atoms with Crippen molar-refractivity contribution in [1.29, 1.82) is 0 Å². The number of benzene rings is 1. The van der Waals surface area contributed by atoms with Gasteiger partial charge in [0.05, 0.1) is 0 Å². The van der Waals surface area contributed by atoms with Crippen molar-refractivity contribution in [3.63, 3.8) is 0 Å². The molecule has 0 aromatic heterocycles. The predicted molar refractivity (Wildman–Crippen MR) is 51.3 cm³/mol. The molecule has 0 amide bonds. The van der Waals surface area contributed by atoms with Gasteiger partial charge in [0.1, 0.15) is 5.82 Å². The minimum atomic E-state index is -0.438. The highest BCUT2D eigenvalue weighted by molar-refractivity contribution is 9.10. The summed E-state index contributed by atoms with van der Waals surface area (Å²) in [6.07, 6.45) is 0. The molecule has 0 bridgehead atoms. The lowest BCUT2D eigenvalue weighted by Gasteiger charge is -2.20. The van der Waals surface area contributed by atoms with Gasteiger partial charge < -0.3 is 5.73 Å². The van der Waals surface area contributed by atoms with Crippen LogP contribution in [0, 0.1) is 5.82 Å². The number of halogens is 2. The summed E-state index contributed by atoms with van der Waals surface area (Å²) in [6.45, 7) is 3.76. The average molecular weight is 232 g/mol. The molecule has 2 N–H and O–H groups in total. The molecule has 1 aromatic rings. The van der Waals surface area contributed by atoms with Crippen LogP contribution in [-0.2, 0) is 5.54 Å². The molecule has 0 radical (unpaired) electrons. The van der Waals surface area contributed by atoms with Crippen molar-refractivity contribution in [3.05, 3.63) is 34.1 Å². The van der Waals surface area contributed by atoms with Gasteiger partial charge in [-0.2, -0.15) is 0 Å². The van der Waals surface area contributed by atoms with Crippen LogP contribution in [0.1, 0.15) is 19.4 Å². The highest BCUT2D eigenvalue weighted by Gasteiger charge is 2.17. The molecule has 0 aliphatic heterocycles. The Morgan fingerprint density at radius 1 is 1.42 bits per heavy atom. The third-order valence-electron chi connectivity index (χ3n) is 1.63. The van der Waals surface area contributed by atoms with Gasteiger partial charge in [-0.3, -0.25) is 0 Å². The second-order valence-electron chi connectivity index (χ2n) is 3.35. The van der Waals surface area contributed by atoms with Crippen molar-refractivity contribution in [2.24, 2.45) is 5.73 Å². The van der Waals surface area contributed by atoms with Gasteiger partial charge in [-0.1, -0.05) is 22.0 Å². The van der Waals surface area contributed by atoms with Gasteiger partial charge in [0.2, 0.25) is 0 Å². The van der Waals surface area contributed by atoms with Gasteiger partial charge in [0.25, 0.3) is 0 Å². The first-order chi connectivity index (χ1) is 5.41. The first kappa shape index (κ1) is 9.68. The maximum atomic E-state index is 12.7. The Hall–Kier alpha value is -0.410. The molecule has 0 aliphatic carbocycles. The molecule has 0 saturated carbocycles. The van der Waals surface area contributed by atoms with Crippen LogP contribution in [0.3, 0.4) is 0 Å². The number of nitrogens with two attached hydrogens (primary N) is 1. The zero-order valence-corrected chi connectivity index (χ0v) is 8.65. The van der Waals surface area contributed by atoms with E-state index in [1.807, 2.05) is 13.8 Å². The van der Waals surface area contributed by atoms with E-state index in [0.29, 0.717) is 0 Å². The maximum Gasteiger partial charge on any atom is 0.124 e. The van der Waals surface area contributed by atoms with E-state index in [1.54, 1.807) is 6.07 Å². The zero-order valence-electron chi connectivity index (χ0n) is 7.07. The van der Waals surface area contributed by atoms with E-state index in [9.17, 15) is 4.39 Å². The minimum absolute atomic E-state index is 0.255. The van der Waals surface area contributed by atoms with Crippen LogP contribution >= 0.6 is 15.9 Å². The van der Waals surface area contributed by atoms with Crippen LogP contribution in [0.4, 0.5) is 4.39 Å². The van der Waals surface area contributed by atoms with Crippen molar-refractivity contribution >= 4 is 15.9 Å². The molecule has 3 heteroatoms. The van der Waals surface area contributed by atoms with Crippen molar-refractivity contribution in [3.8, 4) is 0 Å². The molecule has 1 aromatic carbocycles. The molecule has 0 atom stereocenters. The van der Waals surface area contributed by atoms with E-state index in [-0.39, 0.29) is 5.82 Å². The van der Waals surface area contributed by atoms with Crippen LogP contribution < -0.4 is 5.73 Å². The number of hydrogen-bond donors (Lipinski definition) is 1. The molecule has 1 rings (SSSR count). The van der Waals surface area contributed by atoms with Crippen LogP contribution in [-0.4, -0.2) is 0 Å². The molecule has 0 spiro atoms. The quantitative estimate of drug-likeness (QED) is 0.791. The molecular weight excluding hydrogens is 221 g/mol. The summed E-state index contributed by atoms with van der Waals surface area (Å²) in [7, 11) is 0.